The van der Waals surface area contributed by atoms with Crippen LogP contribution < -0.4 is 5.73 Å². The Morgan fingerprint density at radius 3 is 2.58 bits per heavy atom. The van der Waals surface area contributed by atoms with Gasteiger partial charge in [0, 0.05) is 6.92 Å². The maximum Gasteiger partial charge on any atom is 0.278 e. The highest BCUT2D eigenvalue weighted by Crippen LogP contribution is 2.18. The average molecular weight is 253 g/mol. The second-order valence-electron chi connectivity index (χ2n) is 4.58. The van der Waals surface area contributed by atoms with Gasteiger partial charge in [0.2, 0.25) is 5.91 Å². The minimum Gasteiger partial charge on any atom is -0.369 e. The monoisotopic (exact) mass is 253 g/mol. The number of carbonyl (C=O) groups excluding carboxylic acids is 1. The summed E-state index contributed by atoms with van der Waals surface area (Å²) in [6.45, 7) is 1.59. The second-order valence-corrected chi connectivity index (χ2v) is 4.58. The van der Waals surface area contributed by atoms with Crippen molar-refractivity contribution in [3.05, 3.63) is 53.6 Å². The Kier molecular flexibility index (Phi) is 3.74. The van der Waals surface area contributed by atoms with E-state index in [4.69, 9.17) is 11.3 Å². The van der Waals surface area contributed by atoms with Crippen molar-refractivity contribution in [2.24, 2.45) is 11.7 Å². The van der Waals surface area contributed by atoms with Gasteiger partial charge in [0.05, 0.1) is 0 Å². The van der Waals surface area contributed by atoms with Gasteiger partial charge in [-0.05, 0) is 22.8 Å². The number of carbonyl (C=O) groups is 1. The first-order valence-electron chi connectivity index (χ1n) is 6.07. The molecule has 0 bridgehead atoms. The van der Waals surface area contributed by atoms with Crippen molar-refractivity contribution in [2.75, 3.05) is 0 Å². The van der Waals surface area contributed by atoms with E-state index in [9.17, 15) is 4.79 Å². The van der Waals surface area contributed by atoms with Crippen LogP contribution in [0, 0.1) is 5.92 Å². The van der Waals surface area contributed by atoms with E-state index in [1.165, 1.54) is 0 Å². The molecule has 0 radical (unpaired) electrons. The summed E-state index contributed by atoms with van der Waals surface area (Å²) in [5, 5.41) is 2.26. The molecular formula is C15H15N3O. The van der Waals surface area contributed by atoms with Crippen LogP contribution in [0.4, 0.5) is 0 Å². The minimum atomic E-state index is -0.578. The fraction of sp³-hybridized carbons (Fsp3) is 0.200. The number of primary amides is 1. The molecule has 2 aromatic rings. The third kappa shape index (κ3) is 2.87. The van der Waals surface area contributed by atoms with E-state index in [0.29, 0.717) is 12.1 Å². The van der Waals surface area contributed by atoms with E-state index in [0.717, 1.165) is 16.3 Å². The van der Waals surface area contributed by atoms with Crippen molar-refractivity contribution in [2.45, 2.75) is 13.3 Å². The first-order chi connectivity index (χ1) is 9.11. The standard InChI is InChI=1S/C15H15N3O/c1-10(18-17)14(15(16)19)9-11-6-7-12-4-2-3-5-13(12)8-11/h2-8,14H,9H2,1H3,(H2,16,19)/t14-/m1/s1. The van der Waals surface area contributed by atoms with Gasteiger partial charge in [0.1, 0.15) is 5.92 Å². The Balaban J connectivity index is 2.34. The lowest BCUT2D eigenvalue weighted by Crippen LogP contribution is -2.31. The largest absolute Gasteiger partial charge is 0.369 e. The molecule has 4 nitrogen and oxygen atoms in total. The normalized spacial score (nSPS) is 11.8. The number of fused-ring (bicyclic) bond motifs is 1. The lowest BCUT2D eigenvalue weighted by molar-refractivity contribution is -0.121. The Hall–Kier alpha value is -2.45. The molecule has 4 heteroatoms. The van der Waals surface area contributed by atoms with Crippen LogP contribution in [0.3, 0.4) is 0 Å². The quantitative estimate of drug-likeness (QED) is 0.506. The zero-order valence-electron chi connectivity index (χ0n) is 10.7. The van der Waals surface area contributed by atoms with Crippen molar-refractivity contribution in [1.82, 2.24) is 0 Å². The van der Waals surface area contributed by atoms with Crippen LogP contribution in [0.1, 0.15) is 12.5 Å². The number of hydrogen-bond donors (Lipinski definition) is 1. The van der Waals surface area contributed by atoms with Crippen LogP contribution in [0.2, 0.25) is 0 Å². The third-order valence-electron chi connectivity index (χ3n) is 3.26. The van der Waals surface area contributed by atoms with E-state index >= 15 is 0 Å². The minimum absolute atomic E-state index is 0.334. The van der Waals surface area contributed by atoms with Crippen LogP contribution >= 0.6 is 0 Å². The topological polar surface area (TPSA) is 79.5 Å². The summed E-state index contributed by atoms with van der Waals surface area (Å²) in [6.07, 6.45) is 0.441. The summed E-state index contributed by atoms with van der Waals surface area (Å²) in [5.41, 5.74) is 15.5. The second kappa shape index (κ2) is 5.46. The van der Waals surface area contributed by atoms with Gasteiger partial charge in [-0.15, -0.1) is 0 Å². The summed E-state index contributed by atoms with van der Waals surface area (Å²) in [7, 11) is 0. The zero-order chi connectivity index (χ0) is 13.8. The molecule has 0 aliphatic heterocycles. The number of benzene rings is 2. The lowest BCUT2D eigenvalue weighted by Gasteiger charge is -2.08. The van der Waals surface area contributed by atoms with Crippen LogP contribution in [0.5, 0.6) is 0 Å². The Morgan fingerprint density at radius 1 is 1.26 bits per heavy atom. The maximum atomic E-state index is 11.4. The van der Waals surface area contributed by atoms with Gasteiger partial charge >= 0.3 is 0 Å². The van der Waals surface area contributed by atoms with Gasteiger partial charge < -0.3 is 11.3 Å². The molecule has 0 unspecified atom stereocenters. The molecule has 0 aromatic heterocycles. The first kappa shape index (κ1) is 13.0. The molecule has 1 atom stereocenters. The highest BCUT2D eigenvalue weighted by Gasteiger charge is 2.25. The van der Waals surface area contributed by atoms with Gasteiger partial charge in [0.25, 0.3) is 5.71 Å². The molecule has 0 heterocycles. The van der Waals surface area contributed by atoms with Crippen molar-refractivity contribution in [3.8, 4) is 0 Å². The molecule has 1 amide bonds. The Bertz CT molecular complexity index is 672. The summed E-state index contributed by atoms with van der Waals surface area (Å²) in [6, 6.07) is 14.0. The van der Waals surface area contributed by atoms with Crippen LogP contribution in [0.25, 0.3) is 16.3 Å². The molecule has 0 aliphatic rings. The summed E-state index contributed by atoms with van der Waals surface area (Å²) >= 11 is 0. The lowest BCUT2D eigenvalue weighted by atomic mass is 9.93. The average Bonchev–Trinajstić information content (AvgIpc) is 2.43. The number of hydrogen-bond acceptors (Lipinski definition) is 1. The predicted molar refractivity (Wildman–Crippen MR) is 74.6 cm³/mol. The fourth-order valence-corrected chi connectivity index (χ4v) is 2.13. The molecule has 0 aliphatic carbocycles. The fourth-order valence-electron chi connectivity index (χ4n) is 2.13. The number of nitrogens with two attached hydrogens (primary N) is 1. The molecular weight excluding hydrogens is 238 g/mol. The van der Waals surface area contributed by atoms with E-state index < -0.39 is 11.8 Å². The first-order valence-corrected chi connectivity index (χ1v) is 6.07. The van der Waals surface area contributed by atoms with Gasteiger partial charge in [-0.2, -0.15) is 4.79 Å². The van der Waals surface area contributed by atoms with Crippen molar-refractivity contribution in [3.63, 3.8) is 0 Å². The van der Waals surface area contributed by atoms with Crippen LogP contribution in [0.15, 0.2) is 42.5 Å². The van der Waals surface area contributed by atoms with Crippen LogP contribution in [-0.2, 0) is 11.2 Å². The molecule has 2 N–H and O–H groups in total. The van der Waals surface area contributed by atoms with E-state index in [1.807, 2.05) is 42.5 Å². The number of rotatable bonds is 4. The molecule has 2 aromatic carbocycles. The molecule has 0 saturated heterocycles. The highest BCUT2D eigenvalue weighted by molar-refractivity contribution is 6.00. The van der Waals surface area contributed by atoms with Crippen molar-refractivity contribution in [1.29, 1.82) is 0 Å². The van der Waals surface area contributed by atoms with E-state index in [-0.39, 0.29) is 0 Å². The van der Waals surface area contributed by atoms with Gasteiger partial charge in [-0.25, -0.2) is 0 Å². The molecule has 96 valence electrons. The summed E-state index contributed by atoms with van der Waals surface area (Å²) < 4.78 is 0. The maximum absolute atomic E-state index is 11.4. The van der Waals surface area contributed by atoms with E-state index in [1.54, 1.807) is 6.92 Å². The van der Waals surface area contributed by atoms with Crippen molar-refractivity contribution < 1.29 is 9.58 Å². The summed E-state index contributed by atoms with van der Waals surface area (Å²) in [4.78, 5) is 14.5. The zero-order valence-corrected chi connectivity index (χ0v) is 10.7. The molecule has 2 rings (SSSR count). The predicted octanol–water partition coefficient (Wildman–Crippen LogP) is 2.17. The Labute approximate surface area is 111 Å². The third-order valence-corrected chi connectivity index (χ3v) is 3.26. The smallest absolute Gasteiger partial charge is 0.278 e. The summed E-state index contributed by atoms with van der Waals surface area (Å²) in [5.74, 6) is -1.06. The SMILES string of the molecule is CC(=[N+]=[N-])[C@@H](Cc1ccc2ccccc2c1)C(N)=O. The molecule has 0 spiro atoms. The van der Waals surface area contributed by atoms with Gasteiger partial charge in [0.15, 0.2) is 0 Å². The van der Waals surface area contributed by atoms with Crippen LogP contribution in [-0.4, -0.2) is 16.4 Å². The Morgan fingerprint density at radius 2 is 1.95 bits per heavy atom. The van der Waals surface area contributed by atoms with Gasteiger partial charge in [-0.3, -0.25) is 4.79 Å². The number of nitrogens with zero attached hydrogens (tertiary/aromatic N) is 2. The molecule has 0 saturated carbocycles. The van der Waals surface area contributed by atoms with Crippen molar-refractivity contribution >= 4 is 22.4 Å². The molecule has 19 heavy (non-hydrogen) atoms. The highest BCUT2D eigenvalue weighted by atomic mass is 16.1. The number of amides is 1. The van der Waals surface area contributed by atoms with Gasteiger partial charge in [-0.1, -0.05) is 42.5 Å². The molecule has 0 fully saturated rings. The van der Waals surface area contributed by atoms with E-state index in [2.05, 4.69) is 4.79 Å².